The number of thiophene rings is 2. The van der Waals surface area contributed by atoms with Crippen molar-refractivity contribution < 1.29 is 4.74 Å². The number of nitrogens with zero attached hydrogens (tertiary/aromatic N) is 2. The molecule has 10 aromatic carbocycles. The zero-order valence-corrected chi connectivity index (χ0v) is 36.5. The summed E-state index contributed by atoms with van der Waals surface area (Å²) in [6, 6.07) is 79.4. The van der Waals surface area contributed by atoms with Crippen molar-refractivity contribution >= 4 is 107 Å². The quantitative estimate of drug-likeness (QED) is 0.163. The van der Waals surface area contributed by atoms with E-state index in [4.69, 9.17) is 4.74 Å². The van der Waals surface area contributed by atoms with E-state index >= 15 is 0 Å². The minimum absolute atomic E-state index is 0.802. The number of aromatic nitrogens is 2. The van der Waals surface area contributed by atoms with Crippen molar-refractivity contribution in [3.63, 3.8) is 0 Å². The Bertz CT molecular complexity index is 3970. The number of hydrogen-bond donors (Lipinski definition) is 0. The van der Waals surface area contributed by atoms with Gasteiger partial charge in [0.25, 0.3) is 0 Å². The van der Waals surface area contributed by atoms with Crippen molar-refractivity contribution in [1.29, 1.82) is 0 Å². The zero-order chi connectivity index (χ0) is 42.6. The van der Waals surface area contributed by atoms with Crippen LogP contribution in [-0.2, 0) is 0 Å². The second-order valence-electron chi connectivity index (χ2n) is 16.9. The third-order valence-electron chi connectivity index (χ3n) is 13.2. The fourth-order valence-corrected chi connectivity index (χ4v) is 12.4. The van der Waals surface area contributed by atoms with Crippen LogP contribution in [0.3, 0.4) is 0 Å². The number of benzene rings is 10. The van der Waals surface area contributed by atoms with Crippen LogP contribution in [0.2, 0.25) is 0 Å². The summed E-state index contributed by atoms with van der Waals surface area (Å²) in [4.78, 5) is 0. The molecule has 0 atom stereocenters. The highest BCUT2D eigenvalue weighted by Gasteiger charge is 2.17. The number of para-hydroxylation sites is 2. The van der Waals surface area contributed by atoms with Crippen LogP contribution in [0.5, 0.6) is 11.5 Å². The standard InChI is InChI=1S/C60H36N2OS2/c1-5-19-53-45(15-1)49-35-43(25-27-55(49)61(53)41-13-9-11-37(31-41)39-23-29-59-51(33-39)47-17-3-7-21-57(47)64-59)63-44-26-28-56-50(36-44)46-16-2-6-20-54(46)62(56)42-14-10-12-38(32-42)40-24-30-60-52(34-40)48-18-4-8-22-58(48)65-60/h1-36H. The second kappa shape index (κ2) is 14.3. The van der Waals surface area contributed by atoms with E-state index in [9.17, 15) is 0 Å². The number of fused-ring (bicyclic) bond motifs is 12. The summed E-state index contributed by atoms with van der Waals surface area (Å²) in [6.07, 6.45) is 0. The summed E-state index contributed by atoms with van der Waals surface area (Å²) in [6.45, 7) is 0. The van der Waals surface area contributed by atoms with Crippen molar-refractivity contribution in [3.05, 3.63) is 218 Å². The van der Waals surface area contributed by atoms with Gasteiger partial charge in [-0.3, -0.25) is 0 Å². The van der Waals surface area contributed by atoms with Gasteiger partial charge in [-0.25, -0.2) is 0 Å². The lowest BCUT2D eigenvalue weighted by Gasteiger charge is -2.12. The molecule has 0 aliphatic heterocycles. The topological polar surface area (TPSA) is 19.1 Å². The molecule has 65 heavy (non-hydrogen) atoms. The minimum Gasteiger partial charge on any atom is -0.457 e. The molecule has 14 aromatic rings. The third-order valence-corrected chi connectivity index (χ3v) is 15.5. The van der Waals surface area contributed by atoms with E-state index in [0.717, 1.165) is 55.7 Å². The van der Waals surface area contributed by atoms with Gasteiger partial charge in [0, 0.05) is 73.3 Å². The molecule has 3 nitrogen and oxygen atoms in total. The highest BCUT2D eigenvalue weighted by molar-refractivity contribution is 7.26. The van der Waals surface area contributed by atoms with Gasteiger partial charge < -0.3 is 13.9 Å². The molecule has 0 aliphatic rings. The van der Waals surface area contributed by atoms with Crippen molar-refractivity contribution in [2.45, 2.75) is 0 Å². The van der Waals surface area contributed by atoms with E-state index in [0.29, 0.717) is 0 Å². The predicted octanol–water partition coefficient (Wildman–Crippen LogP) is 17.7. The molecule has 0 unspecified atom stereocenters. The third kappa shape index (κ3) is 5.80. The average Bonchev–Trinajstić information content (AvgIpc) is 4.11. The van der Waals surface area contributed by atoms with Crippen LogP contribution < -0.4 is 4.74 Å². The van der Waals surface area contributed by atoms with Gasteiger partial charge in [-0.05, 0) is 131 Å². The second-order valence-corrected chi connectivity index (χ2v) is 19.1. The maximum Gasteiger partial charge on any atom is 0.128 e. The van der Waals surface area contributed by atoms with E-state index in [2.05, 4.69) is 228 Å². The molecule has 0 spiro atoms. The Balaban J connectivity index is 0.824. The molecule has 0 radical (unpaired) electrons. The first-order valence-corrected chi connectivity index (χ1v) is 23.6. The average molecular weight is 865 g/mol. The van der Waals surface area contributed by atoms with Crippen LogP contribution in [0.4, 0.5) is 0 Å². The molecule has 0 bridgehead atoms. The molecule has 0 saturated heterocycles. The minimum atomic E-state index is 0.802. The highest BCUT2D eigenvalue weighted by Crippen LogP contribution is 2.42. The van der Waals surface area contributed by atoms with Crippen LogP contribution in [0, 0.1) is 0 Å². The molecule has 4 heterocycles. The summed E-state index contributed by atoms with van der Waals surface area (Å²) >= 11 is 3.71. The van der Waals surface area contributed by atoms with Crippen molar-refractivity contribution in [3.8, 4) is 45.1 Å². The molecule has 0 fully saturated rings. The fourth-order valence-electron chi connectivity index (χ4n) is 10.2. The smallest absolute Gasteiger partial charge is 0.128 e. The molecule has 4 aromatic heterocycles. The molecule has 0 aliphatic carbocycles. The van der Waals surface area contributed by atoms with Gasteiger partial charge in [0.05, 0.1) is 22.1 Å². The van der Waals surface area contributed by atoms with Crippen molar-refractivity contribution in [2.24, 2.45) is 0 Å². The first-order valence-electron chi connectivity index (χ1n) is 22.0. The predicted molar refractivity (Wildman–Crippen MR) is 278 cm³/mol. The summed E-state index contributed by atoms with van der Waals surface area (Å²) in [5.41, 5.74) is 11.7. The van der Waals surface area contributed by atoms with E-state index in [1.165, 1.54) is 73.4 Å². The summed E-state index contributed by atoms with van der Waals surface area (Å²) in [5.74, 6) is 1.60. The van der Waals surface area contributed by atoms with Gasteiger partial charge in [0.2, 0.25) is 0 Å². The molecular formula is C60H36N2OS2. The first-order chi connectivity index (χ1) is 32.2. The molecule has 5 heteroatoms. The van der Waals surface area contributed by atoms with Gasteiger partial charge in [0.15, 0.2) is 0 Å². The molecule has 0 N–H and O–H groups in total. The number of ether oxygens (including phenoxy) is 1. The van der Waals surface area contributed by atoms with Crippen molar-refractivity contribution in [2.75, 3.05) is 0 Å². The Kier molecular flexibility index (Phi) is 8.02. The van der Waals surface area contributed by atoms with Crippen LogP contribution in [-0.4, -0.2) is 9.13 Å². The molecule has 304 valence electrons. The summed E-state index contributed by atoms with van der Waals surface area (Å²) in [5, 5.41) is 9.93. The van der Waals surface area contributed by atoms with Gasteiger partial charge in [-0.15, -0.1) is 22.7 Å². The van der Waals surface area contributed by atoms with E-state index in [1.807, 2.05) is 22.7 Å². The lowest BCUT2D eigenvalue weighted by atomic mass is 10.0. The SMILES string of the molecule is c1cc(-c2ccc3sc4ccccc4c3c2)cc(-n2c3ccccc3c3cc(Oc4ccc5c(c4)c4ccccc4n5-c4cccc(-c5ccc6sc7ccccc7c6c5)c4)ccc32)c1. The Labute approximate surface area is 381 Å². The Morgan fingerprint density at radius 3 is 1.15 bits per heavy atom. The maximum atomic E-state index is 6.78. The number of rotatable bonds is 6. The van der Waals surface area contributed by atoms with E-state index < -0.39 is 0 Å². The largest absolute Gasteiger partial charge is 0.457 e. The summed E-state index contributed by atoms with van der Waals surface area (Å²) in [7, 11) is 0. The lowest BCUT2D eigenvalue weighted by Crippen LogP contribution is -1.94. The van der Waals surface area contributed by atoms with E-state index in [-0.39, 0.29) is 0 Å². The van der Waals surface area contributed by atoms with Gasteiger partial charge in [-0.2, -0.15) is 0 Å². The molecule has 0 amide bonds. The molecule has 0 saturated carbocycles. The molecule has 14 rings (SSSR count). The zero-order valence-electron chi connectivity index (χ0n) is 34.9. The van der Waals surface area contributed by atoms with Crippen LogP contribution in [0.15, 0.2) is 218 Å². The van der Waals surface area contributed by atoms with Crippen LogP contribution >= 0.6 is 22.7 Å². The van der Waals surface area contributed by atoms with E-state index in [1.54, 1.807) is 0 Å². The Hall–Kier alpha value is -7.96. The van der Waals surface area contributed by atoms with Crippen LogP contribution in [0.1, 0.15) is 0 Å². The number of hydrogen-bond acceptors (Lipinski definition) is 3. The summed E-state index contributed by atoms with van der Waals surface area (Å²) < 4.78 is 16.8. The van der Waals surface area contributed by atoms with Gasteiger partial charge in [0.1, 0.15) is 11.5 Å². The Morgan fingerprint density at radius 1 is 0.262 bits per heavy atom. The van der Waals surface area contributed by atoms with Gasteiger partial charge in [-0.1, -0.05) is 109 Å². The Morgan fingerprint density at radius 2 is 0.662 bits per heavy atom. The highest BCUT2D eigenvalue weighted by atomic mass is 32.1. The fraction of sp³-hybridized carbons (Fsp3) is 0. The lowest BCUT2D eigenvalue weighted by molar-refractivity contribution is 0.484. The van der Waals surface area contributed by atoms with Gasteiger partial charge >= 0.3 is 0 Å². The monoisotopic (exact) mass is 864 g/mol. The van der Waals surface area contributed by atoms with Crippen LogP contribution in [0.25, 0.3) is 118 Å². The first kappa shape index (κ1) is 36.5. The normalized spacial score (nSPS) is 12.0. The maximum absolute atomic E-state index is 6.78. The van der Waals surface area contributed by atoms with Crippen molar-refractivity contribution in [1.82, 2.24) is 9.13 Å². The molecular weight excluding hydrogens is 829 g/mol.